The Morgan fingerprint density at radius 1 is 0.761 bits per heavy atom. The van der Waals surface area contributed by atoms with Gasteiger partial charge in [0.15, 0.2) is 0 Å². The number of amides is 11. The van der Waals surface area contributed by atoms with Crippen molar-refractivity contribution in [3.05, 3.63) is 148 Å². The molecule has 10 rings (SSSR count). The van der Waals surface area contributed by atoms with Crippen LogP contribution >= 0.6 is 57.1 Å². The third-order valence-corrected chi connectivity index (χ3v) is 24.1. The second-order valence-electron chi connectivity index (χ2n) is 28.2. The average molecular weight is 1650 g/mol. The molecule has 0 fully saturated rings. The second-order valence-corrected chi connectivity index (χ2v) is 32.9. The molecule has 0 saturated carbocycles. The molecular formula is C72H85N19O17S5. The second kappa shape index (κ2) is 34.9. The number of hydrogen-bond acceptors (Lipinski definition) is 30. The largest absolute Gasteiger partial charge is 0.455 e. The van der Waals surface area contributed by atoms with E-state index in [1.165, 1.54) is 76.0 Å². The van der Waals surface area contributed by atoms with E-state index in [0.29, 0.717) is 0 Å². The number of aromatic nitrogens is 5. The molecule has 15 unspecified atom stereocenters. The Labute approximate surface area is 666 Å². The van der Waals surface area contributed by atoms with E-state index in [0.717, 1.165) is 57.1 Å². The van der Waals surface area contributed by atoms with Gasteiger partial charge in [-0.3, -0.25) is 68.0 Å². The van der Waals surface area contributed by atoms with Crippen molar-refractivity contribution in [1.82, 2.24) is 83.4 Å². The Kier molecular flexibility index (Phi) is 26.2. The fraction of sp³-hybridized carbons (Fsp3) is 0.431. The Morgan fingerprint density at radius 3 is 2.12 bits per heavy atom. The number of thiazole rings is 4. The number of hydrogen-bond donors (Lipinski definition) is 16. The van der Waals surface area contributed by atoms with E-state index in [1.807, 2.05) is 0 Å². The molecule has 1 aliphatic carbocycles. The molecule has 13 bridgehead atoms. The number of pyridine rings is 1. The normalized spacial score (nSPS) is 26.5. The van der Waals surface area contributed by atoms with E-state index >= 15 is 14.4 Å². The van der Waals surface area contributed by atoms with Crippen molar-refractivity contribution in [2.24, 2.45) is 27.6 Å². The molecule has 0 saturated heterocycles. The number of nitrogens with one attached hydrogen (secondary N) is 11. The van der Waals surface area contributed by atoms with Gasteiger partial charge >= 0.3 is 5.97 Å². The summed E-state index contributed by atoms with van der Waals surface area (Å²) in [4.78, 5) is 204. The molecule has 41 heteroatoms. The molecule has 0 spiro atoms. The maximum Gasteiger partial charge on any atom is 0.357 e. The quantitative estimate of drug-likeness (QED) is 0.0660. The van der Waals surface area contributed by atoms with Gasteiger partial charge in [0.25, 0.3) is 35.4 Å². The minimum absolute atomic E-state index is 0.00978. The van der Waals surface area contributed by atoms with Gasteiger partial charge in [0, 0.05) is 33.7 Å². The van der Waals surface area contributed by atoms with Crippen molar-refractivity contribution < 1.29 is 82.7 Å². The zero-order chi connectivity index (χ0) is 82.7. The first-order chi connectivity index (χ1) is 53.2. The summed E-state index contributed by atoms with van der Waals surface area (Å²) >= 11 is 4.58. The number of aliphatic hydroxyl groups excluding tert-OH is 3. The van der Waals surface area contributed by atoms with Crippen molar-refractivity contribution in [2.75, 3.05) is 5.75 Å². The van der Waals surface area contributed by atoms with Crippen LogP contribution in [0.25, 0.3) is 6.08 Å². The number of carbonyl (C=O) groups is 12. The zero-order valence-electron chi connectivity index (χ0n) is 62.9. The summed E-state index contributed by atoms with van der Waals surface area (Å²) in [7, 11) is 0. The molecule has 600 valence electrons. The van der Waals surface area contributed by atoms with Crippen LogP contribution in [-0.4, -0.2) is 187 Å². The summed E-state index contributed by atoms with van der Waals surface area (Å²) in [6, 6.07) is -10.9. The van der Waals surface area contributed by atoms with E-state index in [4.69, 9.17) is 25.4 Å². The SMILES string of the molecule is C=C(NC(=O)C(=C)NC(=O)c1csc(C2=NC3c4ncc(s4)C4NC(=O)c5csc(n5)C(C(C)(O)C(C)O)NC(=O)C5CSC(=N5)/C(=C\C)NC(=O)C(C(C)C)NC(=O)c5csc(n5)C3(CC2)NC(=O)C(C)NC(=O)C(=C)NC(=O)C(C)NC(=O)C(C(C)C)NC2C=Cc3c(C(C)O)cc(nc3C2O)C(=O)OC4C)n1)C(N)=O. The van der Waals surface area contributed by atoms with Crippen molar-refractivity contribution in [3.8, 4) is 0 Å². The highest BCUT2D eigenvalue weighted by Crippen LogP contribution is 2.49. The predicted molar refractivity (Wildman–Crippen MR) is 417 cm³/mol. The molecule has 4 aliphatic heterocycles. The van der Waals surface area contributed by atoms with Crippen LogP contribution in [0.3, 0.4) is 0 Å². The lowest BCUT2D eigenvalue weighted by atomic mass is 9.82. The van der Waals surface area contributed by atoms with Gasteiger partial charge in [-0.15, -0.1) is 57.1 Å². The van der Waals surface area contributed by atoms with E-state index < -0.39 is 196 Å². The van der Waals surface area contributed by atoms with E-state index in [9.17, 15) is 63.6 Å². The molecule has 0 aromatic carbocycles. The molecule has 113 heavy (non-hydrogen) atoms. The first kappa shape index (κ1) is 84.9. The number of allylic oxidation sites excluding steroid dienone is 1. The molecule has 15 atom stereocenters. The minimum Gasteiger partial charge on any atom is -0.455 e. The minimum atomic E-state index is -2.18. The van der Waals surface area contributed by atoms with Crippen LogP contribution in [0.5, 0.6) is 0 Å². The summed E-state index contributed by atoms with van der Waals surface area (Å²) < 4.78 is 6.28. The van der Waals surface area contributed by atoms with Crippen molar-refractivity contribution in [3.63, 3.8) is 0 Å². The topological polar surface area (TPSA) is 543 Å². The number of rotatable bonds is 11. The van der Waals surface area contributed by atoms with Gasteiger partial charge in [0.1, 0.15) is 113 Å². The number of aliphatic hydroxyl groups is 4. The summed E-state index contributed by atoms with van der Waals surface area (Å²) in [5.41, 5.74) is -1.27. The number of thioether (sulfide) groups is 1. The number of carbonyl (C=O) groups excluding carboxylic acids is 12. The molecule has 9 heterocycles. The van der Waals surface area contributed by atoms with E-state index in [1.54, 1.807) is 46.8 Å². The highest BCUT2D eigenvalue weighted by Gasteiger charge is 2.52. The first-order valence-corrected chi connectivity index (χ1v) is 39.9. The molecule has 5 aliphatic rings. The number of aliphatic imine (C=N–C) groups is 2. The fourth-order valence-electron chi connectivity index (χ4n) is 12.3. The molecule has 5 aromatic heterocycles. The first-order valence-electron chi connectivity index (χ1n) is 35.4. The Hall–Kier alpha value is -10.5. The smallest absolute Gasteiger partial charge is 0.357 e. The lowest BCUT2D eigenvalue weighted by Crippen LogP contribution is -2.57. The standard InChI is InChI=1S/C72H85N19O17S5/c1-15-38-65-84-44(23-109-65)62(103)90-52(71(14,107)35(13)93)68-86-43(24-111-68)60(101)89-49-34(12)108-69(106)41-20-37(33(11)92)36-16-17-39(51(94)50(36)81-41)80-47(26(2)3)63(104)79-31(9)57(98)76-29(7)56(97)77-32(10)58(99)91-72(70-87-45(25-112-70)61(102)88-48(27(4)5)64(105)83-38)19-18-40(82-53(72)67-74-21-46(49)113-67)66-85-42(22-110-66)59(100)78-30(8)55(96)75-28(6)54(73)95/h15-17,20-22,24-27,31-35,39,44,47-49,51-53,80,92-94,107H,6-8,18-19,23H2,1-5,9-14H3,(H2,73,95)(H,75,96)(H,76,98)(H,77,97)(H,78,100)(H,79,104)(H,83,105)(H,88,102)(H,89,101)(H,90,103)(H,91,99)/b38-15+. The number of fused-ring (bicyclic) bond motifs is 7. The van der Waals surface area contributed by atoms with Crippen LogP contribution in [0.4, 0.5) is 0 Å². The maximum atomic E-state index is 15.4. The highest BCUT2D eigenvalue weighted by molar-refractivity contribution is 8.14. The molecule has 17 N–H and O–H groups in total. The Balaban J connectivity index is 1.18. The van der Waals surface area contributed by atoms with Crippen LogP contribution < -0.4 is 64.2 Å². The molecule has 11 amide bonds. The van der Waals surface area contributed by atoms with Crippen LogP contribution in [0.1, 0.15) is 203 Å². The van der Waals surface area contributed by atoms with Crippen molar-refractivity contribution in [1.29, 1.82) is 0 Å². The Morgan fingerprint density at radius 2 is 1.44 bits per heavy atom. The Bertz CT molecular complexity index is 4860. The van der Waals surface area contributed by atoms with Gasteiger partial charge in [-0.2, -0.15) is 0 Å². The lowest BCUT2D eigenvalue weighted by molar-refractivity contribution is -0.131. The summed E-state index contributed by atoms with van der Waals surface area (Å²) in [5, 5.41) is 80.3. The van der Waals surface area contributed by atoms with Gasteiger partial charge < -0.3 is 84.1 Å². The number of cyclic esters (lactones) is 1. The maximum absolute atomic E-state index is 15.4. The van der Waals surface area contributed by atoms with Crippen LogP contribution in [0, 0.1) is 11.8 Å². The lowest BCUT2D eigenvalue weighted by Gasteiger charge is -2.41. The highest BCUT2D eigenvalue weighted by atomic mass is 32.2. The number of esters is 1. The number of nitrogens with two attached hydrogens (primary N) is 1. The van der Waals surface area contributed by atoms with E-state index in [-0.39, 0.29) is 93.9 Å². The van der Waals surface area contributed by atoms with Crippen molar-refractivity contribution >= 4 is 145 Å². The van der Waals surface area contributed by atoms with Crippen molar-refractivity contribution in [2.45, 2.75) is 179 Å². The number of primary amides is 1. The molecule has 5 aromatic rings. The predicted octanol–water partition coefficient (Wildman–Crippen LogP) is 1.66. The molecule has 0 radical (unpaired) electrons. The van der Waals surface area contributed by atoms with Gasteiger partial charge in [0.2, 0.25) is 29.5 Å². The zero-order valence-corrected chi connectivity index (χ0v) is 66.9. The van der Waals surface area contributed by atoms with Crippen LogP contribution in [-0.2, 0) is 48.6 Å². The van der Waals surface area contributed by atoms with Crippen LogP contribution in [0.2, 0.25) is 0 Å². The van der Waals surface area contributed by atoms with Gasteiger partial charge in [0.05, 0.1) is 63.4 Å². The number of ether oxygens (including phenoxy) is 1. The monoisotopic (exact) mass is 1650 g/mol. The number of nitrogens with zero attached hydrogens (tertiary/aromatic N) is 7. The summed E-state index contributed by atoms with van der Waals surface area (Å²) in [6.45, 7) is 27.1. The van der Waals surface area contributed by atoms with Gasteiger partial charge in [-0.05, 0) is 84.8 Å². The summed E-state index contributed by atoms with van der Waals surface area (Å²) in [5.74, 6) is -12.2. The summed E-state index contributed by atoms with van der Waals surface area (Å²) in [6.07, 6.45) is -0.436. The fourth-order valence-corrected chi connectivity index (χ4v) is 17.4. The van der Waals surface area contributed by atoms with E-state index in [2.05, 4.69) is 98.2 Å². The van der Waals surface area contributed by atoms with Crippen LogP contribution in [0.15, 0.2) is 93.1 Å². The van der Waals surface area contributed by atoms with Gasteiger partial charge in [-0.1, -0.05) is 65.7 Å². The third-order valence-electron chi connectivity index (χ3n) is 19.1. The third kappa shape index (κ3) is 18.6. The molecular weight excluding hydrogens is 1560 g/mol. The molecule has 36 nitrogen and oxygen atoms in total. The van der Waals surface area contributed by atoms with Gasteiger partial charge in [-0.25, -0.2) is 29.7 Å². The average Bonchev–Trinajstić information content (AvgIpc) is 1.66.